The molecule has 49 heavy (non-hydrogen) atoms. The lowest BCUT2D eigenvalue weighted by molar-refractivity contribution is 0.108. The molecule has 0 amide bonds. The van der Waals surface area contributed by atoms with Crippen LogP contribution in [0.5, 0.6) is 11.8 Å². The number of pyridine rings is 1. The van der Waals surface area contributed by atoms with Crippen molar-refractivity contribution >= 4 is 66.3 Å². The van der Waals surface area contributed by atoms with E-state index in [-0.39, 0.29) is 84.3 Å². The maximum atomic E-state index is 17.3. The zero-order valence-corrected chi connectivity index (χ0v) is 27.9. The minimum atomic E-state index is -0.818. The molecule has 5 aromatic rings. The lowest BCUT2D eigenvalue weighted by Gasteiger charge is -2.32. The van der Waals surface area contributed by atoms with Gasteiger partial charge in [-0.25, -0.2) is 13.8 Å². The summed E-state index contributed by atoms with van der Waals surface area (Å²) < 4.78 is 45.0. The molecular formula is C34H30ClF2N9O2S. The summed E-state index contributed by atoms with van der Waals surface area (Å²) in [6.45, 7) is 4.08. The van der Waals surface area contributed by atoms with Gasteiger partial charge in [-0.05, 0) is 44.0 Å². The van der Waals surface area contributed by atoms with Crippen molar-refractivity contribution < 1.29 is 18.3 Å². The molecule has 3 aromatic heterocycles. The van der Waals surface area contributed by atoms with Crippen molar-refractivity contribution in [3.05, 3.63) is 58.2 Å². The number of nitrogen functional groups attached to an aromatic ring is 2. The number of anilines is 3. The van der Waals surface area contributed by atoms with Crippen molar-refractivity contribution in [3.63, 3.8) is 0 Å². The summed E-state index contributed by atoms with van der Waals surface area (Å²) in [5.74, 6) is -0.594. The Morgan fingerprint density at radius 3 is 2.86 bits per heavy atom. The molecule has 0 unspecified atom stereocenters. The number of rotatable bonds is 6. The third kappa shape index (κ3) is 4.82. The number of halogens is 3. The van der Waals surface area contributed by atoms with Crippen LogP contribution in [0.4, 0.5) is 25.4 Å². The average molecular weight is 702 g/mol. The third-order valence-electron chi connectivity index (χ3n) is 9.92. The molecule has 11 nitrogen and oxygen atoms in total. The Bertz CT molecular complexity index is 2260. The maximum absolute atomic E-state index is 17.3. The number of thiophene rings is 1. The van der Waals surface area contributed by atoms with Crippen molar-refractivity contribution in [1.82, 2.24) is 19.9 Å². The zero-order chi connectivity index (χ0) is 34.2. The van der Waals surface area contributed by atoms with E-state index in [1.165, 1.54) is 12.1 Å². The number of nitriles is 1. The molecule has 2 atom stereocenters. The molecule has 5 N–H and O–H groups in total. The van der Waals surface area contributed by atoms with E-state index >= 15 is 8.78 Å². The molecule has 250 valence electrons. The summed E-state index contributed by atoms with van der Waals surface area (Å²) in [5, 5.41) is 18.7. The fourth-order valence-corrected chi connectivity index (χ4v) is 8.89. The number of hydrogen-bond acceptors (Lipinski definition) is 12. The quantitative estimate of drug-likeness (QED) is 0.179. The van der Waals surface area contributed by atoms with Gasteiger partial charge in [-0.1, -0.05) is 23.7 Å². The van der Waals surface area contributed by atoms with Gasteiger partial charge in [0, 0.05) is 41.4 Å². The number of fused-ring (bicyclic) bond motifs is 2. The third-order valence-corrected chi connectivity index (χ3v) is 11.3. The Hall–Kier alpha value is -4.84. The second-order valence-corrected chi connectivity index (χ2v) is 14.1. The normalized spacial score (nSPS) is 19.6. The fourth-order valence-electron chi connectivity index (χ4n) is 7.61. The van der Waals surface area contributed by atoms with Crippen molar-refractivity contribution in [2.45, 2.75) is 37.8 Å². The Labute approximate surface area is 288 Å². The molecule has 6 heterocycles. The van der Waals surface area contributed by atoms with Crippen LogP contribution < -0.4 is 25.8 Å². The van der Waals surface area contributed by atoms with Gasteiger partial charge in [0.25, 0.3) is 0 Å². The predicted molar refractivity (Wildman–Crippen MR) is 186 cm³/mol. The first-order valence-electron chi connectivity index (χ1n) is 15.8. The first-order chi connectivity index (χ1) is 23.6. The lowest BCUT2D eigenvalue weighted by Crippen LogP contribution is -2.43. The Morgan fingerprint density at radius 1 is 1.22 bits per heavy atom. The molecule has 2 saturated heterocycles. The topological polar surface area (TPSA) is 163 Å². The molecule has 8 rings (SSSR count). The monoisotopic (exact) mass is 701 g/mol. The molecule has 0 spiro atoms. The highest BCUT2D eigenvalue weighted by Crippen LogP contribution is 2.51. The second kappa shape index (κ2) is 11.6. The Morgan fingerprint density at radius 2 is 2.06 bits per heavy atom. The Balaban J connectivity index is 1.36. The number of benzene rings is 2. The average Bonchev–Trinajstić information content (AvgIpc) is 3.68. The van der Waals surface area contributed by atoms with Crippen LogP contribution in [0.2, 0.25) is 5.02 Å². The fraction of sp³-hybridized carbons (Fsp3) is 0.324. The lowest BCUT2D eigenvalue weighted by atomic mass is 9.95. The minimum absolute atomic E-state index is 0.0285. The van der Waals surface area contributed by atoms with Crippen LogP contribution in [0.3, 0.4) is 0 Å². The van der Waals surface area contributed by atoms with Crippen molar-refractivity contribution in [2.24, 2.45) is 0 Å². The summed E-state index contributed by atoms with van der Waals surface area (Å²) in [6.07, 6.45) is 4.03. The van der Waals surface area contributed by atoms with Gasteiger partial charge in [-0.3, -0.25) is 4.90 Å². The minimum Gasteiger partial charge on any atom is -0.489 e. The number of nitrogens with one attached hydrogen (secondary N) is 1. The number of nitrogens with two attached hydrogens (primary N) is 2. The SMILES string of the molecule is C[C@H](c1cccnc1N)N1CCOc2c(Cl)c(-c3ccc(F)c4sc(N)c(C#N)c34)c(F)c3nc(OC[C@@]45CCCN4CC(=N)C5)nc1c23. The van der Waals surface area contributed by atoms with E-state index in [0.29, 0.717) is 36.9 Å². The van der Waals surface area contributed by atoms with Gasteiger partial charge in [0.05, 0.1) is 38.8 Å². The number of ether oxygens (including phenoxy) is 2. The number of aromatic nitrogens is 3. The van der Waals surface area contributed by atoms with E-state index in [9.17, 15) is 5.26 Å². The van der Waals surface area contributed by atoms with Crippen molar-refractivity contribution in [1.29, 1.82) is 10.7 Å². The molecule has 15 heteroatoms. The molecule has 0 saturated carbocycles. The summed E-state index contributed by atoms with van der Waals surface area (Å²) in [4.78, 5) is 17.9. The molecule has 3 aliphatic rings. The Kier molecular flexibility index (Phi) is 7.47. The van der Waals surface area contributed by atoms with Crippen molar-refractivity contribution in [2.75, 3.05) is 49.2 Å². The van der Waals surface area contributed by atoms with Gasteiger partial charge >= 0.3 is 6.01 Å². The molecule has 0 bridgehead atoms. The smallest absolute Gasteiger partial charge is 0.319 e. The highest BCUT2D eigenvalue weighted by molar-refractivity contribution is 7.23. The van der Waals surface area contributed by atoms with E-state index in [4.69, 9.17) is 42.9 Å². The van der Waals surface area contributed by atoms with Crippen LogP contribution in [0.25, 0.3) is 32.1 Å². The summed E-state index contributed by atoms with van der Waals surface area (Å²) in [5.41, 5.74) is 13.4. The van der Waals surface area contributed by atoms with Gasteiger partial charge in [-0.15, -0.1) is 11.3 Å². The maximum Gasteiger partial charge on any atom is 0.319 e. The van der Waals surface area contributed by atoms with Gasteiger partial charge in [0.2, 0.25) is 0 Å². The first kappa shape index (κ1) is 31.4. The summed E-state index contributed by atoms with van der Waals surface area (Å²) in [6, 6.07) is 7.84. The second-order valence-electron chi connectivity index (χ2n) is 12.7. The van der Waals surface area contributed by atoms with Crippen LogP contribution in [-0.2, 0) is 0 Å². The van der Waals surface area contributed by atoms with Gasteiger partial charge in [-0.2, -0.15) is 15.2 Å². The molecule has 2 fully saturated rings. The summed E-state index contributed by atoms with van der Waals surface area (Å²) in [7, 11) is 0. The molecule has 3 aliphatic heterocycles. The van der Waals surface area contributed by atoms with E-state index in [1.54, 1.807) is 12.3 Å². The molecule has 0 aliphatic carbocycles. The zero-order valence-electron chi connectivity index (χ0n) is 26.3. The van der Waals surface area contributed by atoms with E-state index in [0.717, 1.165) is 36.3 Å². The van der Waals surface area contributed by atoms with Crippen LogP contribution in [-0.4, -0.2) is 64.0 Å². The van der Waals surface area contributed by atoms with E-state index in [2.05, 4.69) is 14.9 Å². The van der Waals surface area contributed by atoms with Crippen LogP contribution >= 0.6 is 22.9 Å². The molecule has 2 aromatic carbocycles. The van der Waals surface area contributed by atoms with Crippen molar-refractivity contribution in [3.8, 4) is 29.0 Å². The molecule has 0 radical (unpaired) electrons. The summed E-state index contributed by atoms with van der Waals surface area (Å²) >= 11 is 7.96. The van der Waals surface area contributed by atoms with Gasteiger partial charge < -0.3 is 31.3 Å². The van der Waals surface area contributed by atoms with Crippen LogP contribution in [0.15, 0.2) is 30.5 Å². The number of hydrogen-bond donors (Lipinski definition) is 3. The van der Waals surface area contributed by atoms with Crippen LogP contribution in [0.1, 0.15) is 43.4 Å². The van der Waals surface area contributed by atoms with E-state index in [1.807, 2.05) is 24.0 Å². The molecular weight excluding hydrogens is 672 g/mol. The highest BCUT2D eigenvalue weighted by Gasteiger charge is 2.47. The highest BCUT2D eigenvalue weighted by atomic mass is 35.5. The predicted octanol–water partition coefficient (Wildman–Crippen LogP) is 6.47. The largest absolute Gasteiger partial charge is 0.489 e. The first-order valence-corrected chi connectivity index (χ1v) is 17.0. The van der Waals surface area contributed by atoms with Gasteiger partial charge in [0.1, 0.15) is 47.3 Å². The standard InChI is InChI=1S/C34H30ClF2N9O2S/c1-16(18-4-2-8-42-30(18)40)46-10-11-47-28-24-27(43-33(44-32(24)46)48-15-34-7-3-9-45(34)14-17(39)12-34)26(37)23(25(28)35)19-5-6-21(36)29-22(19)20(13-38)31(41)49-29/h2,4-6,8,16,39H,3,7,9-12,14-15,41H2,1H3,(H2,40,42)/t16-,34+/m1/s1. The van der Waals surface area contributed by atoms with Crippen LogP contribution in [0, 0.1) is 28.4 Å². The number of nitrogens with zero attached hydrogens (tertiary/aromatic N) is 6. The van der Waals surface area contributed by atoms with Gasteiger partial charge in [0.15, 0.2) is 11.6 Å². The van der Waals surface area contributed by atoms with E-state index < -0.39 is 11.6 Å².